The summed E-state index contributed by atoms with van der Waals surface area (Å²) in [5.74, 6) is 2.37. The van der Waals surface area contributed by atoms with Crippen molar-refractivity contribution in [2.24, 2.45) is 0 Å². The Morgan fingerprint density at radius 2 is 2.46 bits per heavy atom. The second-order valence-corrected chi connectivity index (χ2v) is 2.45. The fourth-order valence-corrected chi connectivity index (χ4v) is 0.788. The van der Waals surface area contributed by atoms with E-state index in [9.17, 15) is 4.79 Å². The molecule has 1 atom stereocenters. The summed E-state index contributed by atoms with van der Waals surface area (Å²) in [4.78, 5) is 10.7. The Labute approximate surface area is 78.7 Å². The molecule has 0 saturated heterocycles. The van der Waals surface area contributed by atoms with Gasteiger partial charge in [-0.3, -0.25) is 0 Å². The van der Waals surface area contributed by atoms with Gasteiger partial charge in [0.05, 0.1) is 7.11 Å². The number of carbonyl (C=O) groups is 1. The van der Waals surface area contributed by atoms with E-state index < -0.39 is 12.3 Å². The van der Waals surface area contributed by atoms with Crippen molar-refractivity contribution in [1.29, 1.82) is 0 Å². The summed E-state index contributed by atoms with van der Waals surface area (Å²) in [7, 11) is 1.25. The van der Waals surface area contributed by atoms with Crippen LogP contribution in [0.15, 0.2) is 12.7 Å². The van der Waals surface area contributed by atoms with E-state index >= 15 is 0 Å². The number of allylic oxidation sites excluding steroid dienone is 1. The molecule has 0 N–H and O–H groups in total. The smallest absolute Gasteiger partial charge is 0.438 e. The van der Waals surface area contributed by atoms with Crippen molar-refractivity contribution in [3.63, 3.8) is 0 Å². The second-order valence-electron chi connectivity index (χ2n) is 2.45. The van der Waals surface area contributed by atoms with Crippen LogP contribution in [-0.4, -0.2) is 19.4 Å². The fourth-order valence-electron chi connectivity index (χ4n) is 0.788. The number of unbranched alkanes of at least 4 members (excludes halogenated alkanes) is 1. The molecule has 0 fully saturated rings. The monoisotopic (exact) mass is 182 g/mol. The van der Waals surface area contributed by atoms with Gasteiger partial charge in [-0.1, -0.05) is 12.0 Å². The minimum atomic E-state index is -0.735. The fraction of sp³-hybridized carbons (Fsp3) is 0.500. The number of hydrogen-bond donors (Lipinski definition) is 0. The van der Waals surface area contributed by atoms with Crippen LogP contribution in [0.25, 0.3) is 0 Å². The molecule has 0 saturated carbocycles. The molecule has 0 aromatic carbocycles. The van der Waals surface area contributed by atoms with Gasteiger partial charge in [0.1, 0.15) is 0 Å². The maximum atomic E-state index is 10.7. The zero-order valence-electron chi connectivity index (χ0n) is 7.79. The van der Waals surface area contributed by atoms with Gasteiger partial charge in [-0.15, -0.1) is 13.0 Å². The van der Waals surface area contributed by atoms with Gasteiger partial charge < -0.3 is 9.47 Å². The van der Waals surface area contributed by atoms with Crippen LogP contribution in [0.4, 0.5) is 4.79 Å². The Hall–Kier alpha value is -1.43. The first-order valence-electron chi connectivity index (χ1n) is 4.06. The van der Waals surface area contributed by atoms with Gasteiger partial charge in [0.15, 0.2) is 6.10 Å². The summed E-state index contributed by atoms with van der Waals surface area (Å²) >= 11 is 0. The Balaban J connectivity index is 3.70. The van der Waals surface area contributed by atoms with Crippen LogP contribution in [0, 0.1) is 12.3 Å². The van der Waals surface area contributed by atoms with Crippen LogP contribution >= 0.6 is 0 Å². The first kappa shape index (κ1) is 11.6. The third kappa shape index (κ3) is 5.80. The SMILES string of the molecule is C#CC(CCCC=C)OC(=O)OC. The van der Waals surface area contributed by atoms with Crippen LogP contribution in [0.3, 0.4) is 0 Å². The van der Waals surface area contributed by atoms with Crippen LogP contribution in [-0.2, 0) is 9.47 Å². The topological polar surface area (TPSA) is 35.5 Å². The molecule has 0 amide bonds. The molecule has 0 spiro atoms. The lowest BCUT2D eigenvalue weighted by molar-refractivity contribution is 0.0524. The molecule has 0 rings (SSSR count). The number of carbonyl (C=O) groups excluding carboxylic acids is 1. The summed E-state index contributed by atoms with van der Waals surface area (Å²) < 4.78 is 9.08. The van der Waals surface area contributed by atoms with Crippen molar-refractivity contribution in [3.05, 3.63) is 12.7 Å². The van der Waals surface area contributed by atoms with Crippen LogP contribution in [0.2, 0.25) is 0 Å². The van der Waals surface area contributed by atoms with E-state index in [4.69, 9.17) is 11.2 Å². The van der Waals surface area contributed by atoms with Gasteiger partial charge >= 0.3 is 6.16 Å². The minimum absolute atomic E-state index is 0.493. The maximum absolute atomic E-state index is 10.7. The molecule has 72 valence electrons. The summed E-state index contributed by atoms with van der Waals surface area (Å²) in [5.41, 5.74) is 0. The Bertz CT molecular complexity index is 203. The third-order valence-electron chi connectivity index (χ3n) is 1.47. The standard InChI is InChI=1S/C10H14O3/c1-4-6-7-8-9(5-2)13-10(11)12-3/h2,4,9H,1,6-8H2,3H3. The molecular weight excluding hydrogens is 168 g/mol. The van der Waals surface area contributed by atoms with Gasteiger partial charge in [0.25, 0.3) is 0 Å². The Morgan fingerprint density at radius 3 is 2.92 bits per heavy atom. The second kappa shape index (κ2) is 7.23. The molecule has 0 aromatic rings. The largest absolute Gasteiger partial charge is 0.509 e. The zero-order valence-corrected chi connectivity index (χ0v) is 7.79. The normalized spacial score (nSPS) is 11.1. The molecule has 3 nitrogen and oxygen atoms in total. The first-order chi connectivity index (χ1) is 6.24. The van der Waals surface area contributed by atoms with E-state index in [1.807, 2.05) is 0 Å². The number of methoxy groups -OCH3 is 1. The van der Waals surface area contributed by atoms with Gasteiger partial charge in [-0.05, 0) is 19.3 Å². The number of hydrogen-bond acceptors (Lipinski definition) is 3. The van der Waals surface area contributed by atoms with Crippen LogP contribution in [0.5, 0.6) is 0 Å². The lowest BCUT2D eigenvalue weighted by Gasteiger charge is -2.09. The van der Waals surface area contributed by atoms with Crippen molar-refractivity contribution in [2.75, 3.05) is 7.11 Å². The van der Waals surface area contributed by atoms with Crippen molar-refractivity contribution in [2.45, 2.75) is 25.4 Å². The van der Waals surface area contributed by atoms with E-state index in [0.717, 1.165) is 12.8 Å². The van der Waals surface area contributed by atoms with Crippen molar-refractivity contribution in [3.8, 4) is 12.3 Å². The van der Waals surface area contributed by atoms with Crippen molar-refractivity contribution >= 4 is 6.16 Å². The molecule has 0 aliphatic rings. The number of terminal acetylenes is 1. The van der Waals surface area contributed by atoms with E-state index in [0.29, 0.717) is 6.42 Å². The molecular formula is C10H14O3. The minimum Gasteiger partial charge on any atom is -0.438 e. The lowest BCUT2D eigenvalue weighted by Crippen LogP contribution is -2.16. The molecule has 0 heterocycles. The molecule has 1 unspecified atom stereocenters. The van der Waals surface area contributed by atoms with Crippen molar-refractivity contribution in [1.82, 2.24) is 0 Å². The lowest BCUT2D eigenvalue weighted by atomic mass is 10.1. The Kier molecular flexibility index (Phi) is 6.44. The predicted molar refractivity (Wildman–Crippen MR) is 50.2 cm³/mol. The van der Waals surface area contributed by atoms with E-state index in [1.165, 1.54) is 7.11 Å². The highest BCUT2D eigenvalue weighted by Crippen LogP contribution is 2.05. The average molecular weight is 182 g/mol. The molecule has 3 heteroatoms. The van der Waals surface area contributed by atoms with Crippen LogP contribution in [0.1, 0.15) is 19.3 Å². The molecule has 0 bridgehead atoms. The summed E-state index contributed by atoms with van der Waals surface area (Å²) in [5, 5.41) is 0. The summed E-state index contributed by atoms with van der Waals surface area (Å²) in [6, 6.07) is 0. The first-order valence-corrected chi connectivity index (χ1v) is 4.06. The van der Waals surface area contributed by atoms with E-state index in [2.05, 4.69) is 17.2 Å². The average Bonchev–Trinajstić information content (AvgIpc) is 2.16. The highest BCUT2D eigenvalue weighted by molar-refractivity contribution is 5.60. The van der Waals surface area contributed by atoms with E-state index in [-0.39, 0.29) is 0 Å². The van der Waals surface area contributed by atoms with Crippen molar-refractivity contribution < 1.29 is 14.3 Å². The molecule has 0 aliphatic heterocycles. The van der Waals surface area contributed by atoms with Crippen LogP contribution < -0.4 is 0 Å². The number of ether oxygens (including phenoxy) is 2. The number of rotatable bonds is 5. The predicted octanol–water partition coefficient (Wildman–Crippen LogP) is 2.13. The zero-order chi connectivity index (χ0) is 10.1. The summed E-state index contributed by atoms with van der Waals surface area (Å²) in [6.45, 7) is 3.58. The highest BCUT2D eigenvalue weighted by Gasteiger charge is 2.10. The molecule has 13 heavy (non-hydrogen) atoms. The molecule has 0 radical (unpaired) electrons. The van der Waals surface area contributed by atoms with Gasteiger partial charge in [0.2, 0.25) is 0 Å². The van der Waals surface area contributed by atoms with E-state index in [1.54, 1.807) is 6.08 Å². The highest BCUT2D eigenvalue weighted by atomic mass is 16.7. The quantitative estimate of drug-likeness (QED) is 0.283. The Morgan fingerprint density at radius 1 is 1.77 bits per heavy atom. The molecule has 0 aromatic heterocycles. The summed E-state index contributed by atoms with van der Waals surface area (Å²) in [6.07, 6.45) is 8.08. The van der Waals surface area contributed by atoms with Gasteiger partial charge in [0, 0.05) is 0 Å². The molecule has 0 aliphatic carbocycles. The van der Waals surface area contributed by atoms with Gasteiger partial charge in [-0.2, -0.15) is 0 Å². The maximum Gasteiger partial charge on any atom is 0.509 e. The third-order valence-corrected chi connectivity index (χ3v) is 1.47. The van der Waals surface area contributed by atoms with Gasteiger partial charge in [-0.25, -0.2) is 4.79 Å².